The van der Waals surface area contributed by atoms with Gasteiger partial charge in [0.15, 0.2) is 5.96 Å². The van der Waals surface area contributed by atoms with Crippen molar-refractivity contribution in [2.45, 2.75) is 39.8 Å². The van der Waals surface area contributed by atoms with Crippen molar-refractivity contribution in [2.75, 3.05) is 40.0 Å². The zero-order chi connectivity index (χ0) is 18.3. The minimum atomic E-state index is 0.237. The van der Waals surface area contributed by atoms with Gasteiger partial charge in [-0.15, -0.1) is 0 Å². The lowest BCUT2D eigenvalue weighted by Crippen LogP contribution is -2.40. The van der Waals surface area contributed by atoms with Crippen LogP contribution >= 0.6 is 0 Å². The van der Waals surface area contributed by atoms with Crippen molar-refractivity contribution in [3.05, 3.63) is 29.8 Å². The molecule has 0 amide bonds. The van der Waals surface area contributed by atoms with Crippen molar-refractivity contribution in [3.63, 3.8) is 0 Å². The van der Waals surface area contributed by atoms with Gasteiger partial charge in [-0.2, -0.15) is 0 Å². The maximum atomic E-state index is 5.56. The Hall–Kier alpha value is -1.79. The Balaban J connectivity index is 2.48. The van der Waals surface area contributed by atoms with E-state index >= 15 is 0 Å². The summed E-state index contributed by atoms with van der Waals surface area (Å²) < 4.78 is 16.1. The van der Waals surface area contributed by atoms with E-state index in [0.717, 1.165) is 50.0 Å². The number of benzene rings is 1. The number of nitrogens with one attached hydrogen (secondary N) is 2. The number of hydrogen-bond donors (Lipinski definition) is 2. The van der Waals surface area contributed by atoms with E-state index in [9.17, 15) is 0 Å². The van der Waals surface area contributed by atoms with Crippen LogP contribution in [0.4, 0.5) is 0 Å². The largest absolute Gasteiger partial charge is 0.497 e. The number of aliphatic imine (C=N–C) groups is 1. The molecule has 0 saturated heterocycles. The molecular formula is C19H33N3O3. The number of methoxy groups -OCH3 is 1. The van der Waals surface area contributed by atoms with E-state index in [1.165, 1.54) is 0 Å². The highest BCUT2D eigenvalue weighted by atomic mass is 16.5. The minimum Gasteiger partial charge on any atom is -0.497 e. The highest BCUT2D eigenvalue weighted by Crippen LogP contribution is 2.11. The molecule has 0 unspecified atom stereocenters. The Kier molecular flexibility index (Phi) is 11.5. The topological polar surface area (TPSA) is 64.1 Å². The molecule has 0 heterocycles. The fourth-order valence-corrected chi connectivity index (χ4v) is 2.07. The molecule has 0 spiro atoms. The first-order valence-electron chi connectivity index (χ1n) is 9.00. The molecule has 0 bridgehead atoms. The molecule has 6 nitrogen and oxygen atoms in total. The Morgan fingerprint density at radius 2 is 1.80 bits per heavy atom. The third-order valence-electron chi connectivity index (χ3n) is 3.39. The van der Waals surface area contributed by atoms with Gasteiger partial charge in [-0.3, -0.25) is 0 Å². The average molecular weight is 351 g/mol. The predicted molar refractivity (Wildman–Crippen MR) is 102 cm³/mol. The highest BCUT2D eigenvalue weighted by Gasteiger charge is 2.00. The van der Waals surface area contributed by atoms with Gasteiger partial charge >= 0.3 is 0 Å². The van der Waals surface area contributed by atoms with Crippen LogP contribution in [0.25, 0.3) is 0 Å². The zero-order valence-corrected chi connectivity index (χ0v) is 16.0. The van der Waals surface area contributed by atoms with E-state index in [0.29, 0.717) is 13.2 Å². The lowest BCUT2D eigenvalue weighted by molar-refractivity contribution is 0.0829. The van der Waals surface area contributed by atoms with Crippen LogP contribution in [0.2, 0.25) is 0 Å². The standard InChI is InChI=1S/C19H33N3O3/c1-5-24-13-6-11-20-19(21-12-14-25-16(2)3)22-15-17-7-9-18(23-4)10-8-17/h7-10,16H,5-6,11-15H2,1-4H3,(H2,20,21,22). The minimum absolute atomic E-state index is 0.237. The maximum Gasteiger partial charge on any atom is 0.191 e. The Bertz CT molecular complexity index is 475. The molecule has 0 atom stereocenters. The van der Waals surface area contributed by atoms with Gasteiger partial charge in [-0.05, 0) is 44.9 Å². The summed E-state index contributed by atoms with van der Waals surface area (Å²) in [6, 6.07) is 7.95. The monoisotopic (exact) mass is 351 g/mol. The van der Waals surface area contributed by atoms with Crippen LogP contribution in [0.3, 0.4) is 0 Å². The van der Waals surface area contributed by atoms with Crippen LogP contribution in [-0.4, -0.2) is 52.1 Å². The Morgan fingerprint density at radius 1 is 1.08 bits per heavy atom. The van der Waals surface area contributed by atoms with Crippen LogP contribution in [0, 0.1) is 0 Å². The quantitative estimate of drug-likeness (QED) is 0.344. The summed E-state index contributed by atoms with van der Waals surface area (Å²) in [6.45, 7) is 10.4. The van der Waals surface area contributed by atoms with Gasteiger partial charge in [0, 0.05) is 26.3 Å². The molecule has 25 heavy (non-hydrogen) atoms. The van der Waals surface area contributed by atoms with Gasteiger partial charge in [0.1, 0.15) is 5.75 Å². The molecule has 0 aliphatic carbocycles. The van der Waals surface area contributed by atoms with Gasteiger partial charge in [0.25, 0.3) is 0 Å². The lowest BCUT2D eigenvalue weighted by Gasteiger charge is -2.14. The van der Waals surface area contributed by atoms with E-state index in [-0.39, 0.29) is 6.10 Å². The van der Waals surface area contributed by atoms with Gasteiger partial charge in [-0.25, -0.2) is 4.99 Å². The highest BCUT2D eigenvalue weighted by molar-refractivity contribution is 5.79. The summed E-state index contributed by atoms with van der Waals surface area (Å²) in [5, 5.41) is 6.65. The van der Waals surface area contributed by atoms with Crippen molar-refractivity contribution < 1.29 is 14.2 Å². The lowest BCUT2D eigenvalue weighted by atomic mass is 10.2. The maximum absolute atomic E-state index is 5.56. The number of guanidine groups is 1. The zero-order valence-electron chi connectivity index (χ0n) is 16.0. The van der Waals surface area contributed by atoms with E-state index in [2.05, 4.69) is 15.6 Å². The molecule has 0 radical (unpaired) electrons. The van der Waals surface area contributed by atoms with Gasteiger partial charge < -0.3 is 24.8 Å². The number of rotatable bonds is 12. The molecule has 1 aromatic rings. The summed E-state index contributed by atoms with van der Waals surface area (Å²) in [7, 11) is 1.67. The number of nitrogens with zero attached hydrogens (tertiary/aromatic N) is 1. The smallest absolute Gasteiger partial charge is 0.191 e. The fraction of sp³-hybridized carbons (Fsp3) is 0.632. The second kappa shape index (κ2) is 13.5. The number of ether oxygens (including phenoxy) is 3. The Morgan fingerprint density at radius 3 is 2.44 bits per heavy atom. The molecule has 0 fully saturated rings. The second-order valence-electron chi connectivity index (χ2n) is 5.84. The first-order chi connectivity index (χ1) is 12.2. The molecule has 6 heteroatoms. The summed E-state index contributed by atoms with van der Waals surface area (Å²) in [5.41, 5.74) is 1.13. The van der Waals surface area contributed by atoms with Crippen molar-refractivity contribution in [1.82, 2.24) is 10.6 Å². The van der Waals surface area contributed by atoms with E-state index in [1.807, 2.05) is 45.0 Å². The normalized spacial score (nSPS) is 11.6. The molecule has 0 aromatic heterocycles. The molecule has 0 aliphatic heterocycles. The predicted octanol–water partition coefficient (Wildman–Crippen LogP) is 2.58. The summed E-state index contributed by atoms with van der Waals surface area (Å²) in [6.07, 6.45) is 1.18. The molecular weight excluding hydrogens is 318 g/mol. The van der Waals surface area contributed by atoms with Crippen LogP contribution in [0.15, 0.2) is 29.3 Å². The molecule has 0 aliphatic rings. The van der Waals surface area contributed by atoms with Crippen LogP contribution in [0.1, 0.15) is 32.8 Å². The SMILES string of the molecule is CCOCCCNC(=NCc1ccc(OC)cc1)NCCOC(C)C. The molecule has 142 valence electrons. The van der Waals surface area contributed by atoms with Gasteiger partial charge in [-0.1, -0.05) is 12.1 Å². The van der Waals surface area contributed by atoms with E-state index < -0.39 is 0 Å². The molecule has 1 rings (SSSR count). The molecule has 2 N–H and O–H groups in total. The molecule has 1 aromatic carbocycles. The third-order valence-corrected chi connectivity index (χ3v) is 3.39. The van der Waals surface area contributed by atoms with Crippen LogP contribution < -0.4 is 15.4 Å². The summed E-state index contributed by atoms with van der Waals surface area (Å²) in [4.78, 5) is 4.64. The average Bonchev–Trinajstić information content (AvgIpc) is 2.62. The Labute approximate surface area is 152 Å². The van der Waals surface area contributed by atoms with Crippen molar-refractivity contribution in [3.8, 4) is 5.75 Å². The first-order valence-corrected chi connectivity index (χ1v) is 9.00. The molecule has 0 saturated carbocycles. The number of hydrogen-bond acceptors (Lipinski definition) is 4. The van der Waals surface area contributed by atoms with Crippen LogP contribution in [-0.2, 0) is 16.0 Å². The second-order valence-corrected chi connectivity index (χ2v) is 5.84. The first kappa shape index (κ1) is 21.3. The van der Waals surface area contributed by atoms with E-state index in [1.54, 1.807) is 7.11 Å². The third kappa shape index (κ3) is 10.6. The fourth-order valence-electron chi connectivity index (χ4n) is 2.07. The summed E-state index contributed by atoms with van der Waals surface area (Å²) >= 11 is 0. The van der Waals surface area contributed by atoms with Crippen molar-refractivity contribution in [1.29, 1.82) is 0 Å². The van der Waals surface area contributed by atoms with Gasteiger partial charge in [0.2, 0.25) is 0 Å². The van der Waals surface area contributed by atoms with Crippen molar-refractivity contribution >= 4 is 5.96 Å². The van der Waals surface area contributed by atoms with Crippen molar-refractivity contribution in [2.24, 2.45) is 4.99 Å². The van der Waals surface area contributed by atoms with Gasteiger partial charge in [0.05, 0.1) is 26.4 Å². The van der Waals surface area contributed by atoms with Crippen LogP contribution in [0.5, 0.6) is 5.75 Å². The summed E-state index contributed by atoms with van der Waals surface area (Å²) in [5.74, 6) is 1.64. The van der Waals surface area contributed by atoms with E-state index in [4.69, 9.17) is 14.2 Å².